The second kappa shape index (κ2) is 5.30. The van der Waals surface area contributed by atoms with Crippen LogP contribution in [-0.4, -0.2) is 14.7 Å². The third kappa shape index (κ3) is 2.79. The maximum absolute atomic E-state index is 11.0. The summed E-state index contributed by atoms with van der Waals surface area (Å²) in [6, 6.07) is 4.53. The molecule has 2 aromatic rings. The van der Waals surface area contributed by atoms with E-state index >= 15 is 0 Å². The Morgan fingerprint density at radius 1 is 1.47 bits per heavy atom. The summed E-state index contributed by atoms with van der Waals surface area (Å²) in [5, 5.41) is 15.8. The highest BCUT2D eigenvalue weighted by molar-refractivity contribution is 9.10. The van der Waals surface area contributed by atoms with E-state index in [2.05, 4.69) is 21.0 Å². The molecule has 0 aliphatic carbocycles. The number of nitrogens with zero attached hydrogens (tertiary/aromatic N) is 3. The summed E-state index contributed by atoms with van der Waals surface area (Å²) in [5.74, 6) is 0. The van der Waals surface area contributed by atoms with E-state index in [0.717, 1.165) is 15.9 Å². The predicted molar refractivity (Wildman–Crippen MR) is 76.6 cm³/mol. The van der Waals surface area contributed by atoms with Crippen LogP contribution < -0.4 is 0 Å². The molecule has 0 spiro atoms. The third-order valence-corrected chi connectivity index (χ3v) is 4.23. The fraction of sp³-hybridized carbons (Fsp3) is 0.250. The lowest BCUT2D eigenvalue weighted by Gasteiger charge is -2.06. The third-order valence-electron chi connectivity index (χ3n) is 2.85. The van der Waals surface area contributed by atoms with Gasteiger partial charge in [-0.15, -0.1) is 0 Å². The van der Waals surface area contributed by atoms with Crippen molar-refractivity contribution in [1.29, 1.82) is 0 Å². The summed E-state index contributed by atoms with van der Waals surface area (Å²) >= 11 is 9.33. The van der Waals surface area contributed by atoms with Crippen molar-refractivity contribution < 1.29 is 4.92 Å². The Kier molecular flexibility index (Phi) is 3.91. The molecule has 0 bridgehead atoms. The van der Waals surface area contributed by atoms with E-state index < -0.39 is 4.92 Å². The van der Waals surface area contributed by atoms with E-state index in [1.807, 2.05) is 13.8 Å². The van der Waals surface area contributed by atoms with Crippen LogP contribution in [-0.2, 0) is 6.54 Å². The standard InChI is InChI=1S/C12H11BrClN3O2/c1-7-12(13)8(2)16(15-7)6-9-5-10(14)3-4-11(9)17(18)19/h3-5H,6H2,1-2H3. The predicted octanol–water partition coefficient (Wildman–Crippen LogP) is 3.87. The van der Waals surface area contributed by atoms with Gasteiger partial charge in [0.15, 0.2) is 0 Å². The van der Waals surface area contributed by atoms with E-state index in [-0.39, 0.29) is 5.69 Å². The Labute approximate surface area is 123 Å². The molecule has 100 valence electrons. The summed E-state index contributed by atoms with van der Waals surface area (Å²) in [6.45, 7) is 4.09. The van der Waals surface area contributed by atoms with Gasteiger partial charge in [0.05, 0.1) is 32.9 Å². The zero-order valence-electron chi connectivity index (χ0n) is 10.4. The van der Waals surface area contributed by atoms with Gasteiger partial charge in [-0.2, -0.15) is 5.10 Å². The molecule has 0 radical (unpaired) electrons. The van der Waals surface area contributed by atoms with Crippen molar-refractivity contribution in [3.05, 3.63) is 54.8 Å². The quantitative estimate of drug-likeness (QED) is 0.627. The number of hydrogen-bond donors (Lipinski definition) is 0. The van der Waals surface area contributed by atoms with Crippen molar-refractivity contribution in [2.75, 3.05) is 0 Å². The van der Waals surface area contributed by atoms with Crippen LogP contribution in [0.5, 0.6) is 0 Å². The SMILES string of the molecule is Cc1nn(Cc2cc(Cl)ccc2[N+](=O)[O-])c(C)c1Br. The Morgan fingerprint density at radius 2 is 2.16 bits per heavy atom. The Bertz CT molecular complexity index is 655. The fourth-order valence-electron chi connectivity index (χ4n) is 1.85. The number of nitro benzene ring substituents is 1. The van der Waals surface area contributed by atoms with Gasteiger partial charge in [0.25, 0.3) is 5.69 Å². The van der Waals surface area contributed by atoms with Gasteiger partial charge in [0, 0.05) is 11.1 Å². The van der Waals surface area contributed by atoms with Gasteiger partial charge < -0.3 is 0 Å². The normalized spacial score (nSPS) is 10.7. The van der Waals surface area contributed by atoms with Gasteiger partial charge in [-0.05, 0) is 41.9 Å². The lowest BCUT2D eigenvalue weighted by atomic mass is 10.2. The molecule has 19 heavy (non-hydrogen) atoms. The topological polar surface area (TPSA) is 61.0 Å². The van der Waals surface area contributed by atoms with Crippen molar-refractivity contribution >= 4 is 33.2 Å². The molecule has 0 fully saturated rings. The van der Waals surface area contributed by atoms with E-state index in [4.69, 9.17) is 11.6 Å². The minimum absolute atomic E-state index is 0.0491. The van der Waals surface area contributed by atoms with Crippen LogP contribution in [0.4, 0.5) is 5.69 Å². The van der Waals surface area contributed by atoms with Gasteiger partial charge in [-0.25, -0.2) is 0 Å². The second-order valence-electron chi connectivity index (χ2n) is 4.17. The van der Waals surface area contributed by atoms with E-state index in [1.54, 1.807) is 10.7 Å². The summed E-state index contributed by atoms with van der Waals surface area (Å²) in [6.07, 6.45) is 0. The van der Waals surface area contributed by atoms with Crippen LogP contribution in [0, 0.1) is 24.0 Å². The molecule has 5 nitrogen and oxygen atoms in total. The fourth-order valence-corrected chi connectivity index (χ4v) is 2.33. The molecule has 0 amide bonds. The minimum Gasteiger partial charge on any atom is -0.264 e. The first-order chi connectivity index (χ1) is 8.90. The van der Waals surface area contributed by atoms with Crippen LogP contribution in [0.3, 0.4) is 0 Å². The number of halogens is 2. The maximum Gasteiger partial charge on any atom is 0.274 e. The Morgan fingerprint density at radius 3 is 2.68 bits per heavy atom. The number of benzene rings is 1. The average molecular weight is 345 g/mol. The molecule has 1 aromatic heterocycles. The van der Waals surface area contributed by atoms with Crippen molar-refractivity contribution in [2.24, 2.45) is 0 Å². The summed E-state index contributed by atoms with van der Waals surface area (Å²) < 4.78 is 2.63. The van der Waals surface area contributed by atoms with Crippen LogP contribution in [0.25, 0.3) is 0 Å². The summed E-state index contributed by atoms with van der Waals surface area (Å²) in [7, 11) is 0. The maximum atomic E-state index is 11.0. The van der Waals surface area contributed by atoms with E-state index in [0.29, 0.717) is 17.1 Å². The number of hydrogen-bond acceptors (Lipinski definition) is 3. The van der Waals surface area contributed by atoms with Crippen LogP contribution in [0.15, 0.2) is 22.7 Å². The first-order valence-electron chi connectivity index (χ1n) is 5.52. The second-order valence-corrected chi connectivity index (χ2v) is 5.40. The molecule has 1 heterocycles. The molecule has 2 rings (SSSR count). The summed E-state index contributed by atoms with van der Waals surface area (Å²) in [4.78, 5) is 10.6. The molecule has 0 saturated heterocycles. The molecule has 0 aliphatic rings. The van der Waals surface area contributed by atoms with Crippen molar-refractivity contribution in [1.82, 2.24) is 9.78 Å². The highest BCUT2D eigenvalue weighted by Crippen LogP contribution is 2.26. The molecule has 1 aromatic carbocycles. The van der Waals surface area contributed by atoms with Gasteiger partial charge in [-0.3, -0.25) is 14.8 Å². The minimum atomic E-state index is -0.410. The lowest BCUT2D eigenvalue weighted by Crippen LogP contribution is -2.06. The van der Waals surface area contributed by atoms with Crippen molar-refractivity contribution in [2.45, 2.75) is 20.4 Å². The van der Waals surface area contributed by atoms with Crippen molar-refractivity contribution in [3.63, 3.8) is 0 Å². The zero-order chi connectivity index (χ0) is 14.2. The monoisotopic (exact) mass is 343 g/mol. The van der Waals surface area contributed by atoms with Gasteiger partial charge in [-0.1, -0.05) is 11.6 Å². The first-order valence-corrected chi connectivity index (χ1v) is 6.69. The van der Waals surface area contributed by atoms with E-state index in [9.17, 15) is 10.1 Å². The molecular formula is C12H11BrClN3O2. The molecule has 0 unspecified atom stereocenters. The molecule has 0 N–H and O–H groups in total. The van der Waals surface area contributed by atoms with Gasteiger partial charge in [0.1, 0.15) is 0 Å². The highest BCUT2D eigenvalue weighted by Gasteiger charge is 2.17. The number of nitro groups is 1. The van der Waals surface area contributed by atoms with Crippen LogP contribution in [0.2, 0.25) is 5.02 Å². The molecule has 0 saturated carbocycles. The Balaban J connectivity index is 2.45. The number of aromatic nitrogens is 2. The smallest absolute Gasteiger partial charge is 0.264 e. The molecule has 0 aliphatic heterocycles. The van der Waals surface area contributed by atoms with E-state index in [1.165, 1.54) is 12.1 Å². The largest absolute Gasteiger partial charge is 0.274 e. The molecule has 7 heteroatoms. The molecule has 0 atom stereocenters. The highest BCUT2D eigenvalue weighted by atomic mass is 79.9. The lowest BCUT2D eigenvalue weighted by molar-refractivity contribution is -0.385. The Hall–Kier alpha value is -1.40. The molecular weight excluding hydrogens is 334 g/mol. The number of aryl methyl sites for hydroxylation is 1. The van der Waals surface area contributed by atoms with Gasteiger partial charge >= 0.3 is 0 Å². The van der Waals surface area contributed by atoms with Gasteiger partial charge in [0.2, 0.25) is 0 Å². The zero-order valence-corrected chi connectivity index (χ0v) is 12.7. The van der Waals surface area contributed by atoms with Crippen LogP contribution >= 0.6 is 27.5 Å². The number of rotatable bonds is 3. The van der Waals surface area contributed by atoms with Crippen LogP contribution in [0.1, 0.15) is 17.0 Å². The van der Waals surface area contributed by atoms with Crippen molar-refractivity contribution in [3.8, 4) is 0 Å². The first kappa shape index (κ1) is 14.0. The average Bonchev–Trinajstić information content (AvgIpc) is 2.57. The summed E-state index contributed by atoms with van der Waals surface area (Å²) in [5.41, 5.74) is 2.36.